The minimum Gasteiger partial charge on any atom is -0.385 e. The zero-order chi connectivity index (χ0) is 19.7. The molecule has 0 aliphatic carbocycles. The summed E-state index contributed by atoms with van der Waals surface area (Å²) >= 11 is 0. The van der Waals surface area contributed by atoms with Crippen LogP contribution in [-0.2, 0) is 4.74 Å². The van der Waals surface area contributed by atoms with Gasteiger partial charge in [0.1, 0.15) is 24.0 Å². The Morgan fingerprint density at radius 3 is 2.48 bits per heavy atom. The van der Waals surface area contributed by atoms with Crippen LogP contribution in [0.25, 0.3) is 38.1 Å². The molecule has 0 radical (unpaired) electrons. The van der Waals surface area contributed by atoms with Gasteiger partial charge in [-0.05, 0) is 48.2 Å². The Morgan fingerprint density at radius 1 is 0.966 bits per heavy atom. The van der Waals surface area contributed by atoms with Crippen LogP contribution >= 0.6 is 0 Å². The number of aromatic nitrogens is 2. The molecule has 0 spiro atoms. The number of ether oxygens (including phenoxy) is 1. The lowest BCUT2D eigenvalue weighted by atomic mass is 9.79. The smallest absolute Gasteiger partial charge is 0.295 e. The first-order chi connectivity index (χ1) is 14.2. The Hall–Kier alpha value is -2.91. The van der Waals surface area contributed by atoms with Crippen molar-refractivity contribution in [2.24, 2.45) is 0 Å². The lowest BCUT2D eigenvalue weighted by Gasteiger charge is -2.30. The minimum atomic E-state index is 0.387. The van der Waals surface area contributed by atoms with Crippen LogP contribution in [-0.4, -0.2) is 18.1 Å². The number of fused-ring (bicyclic) bond motifs is 5. The molecule has 0 bridgehead atoms. The molecule has 1 aliphatic rings. The van der Waals surface area contributed by atoms with Crippen molar-refractivity contribution < 1.29 is 9.30 Å². The number of aryl methyl sites for hydroxylation is 1. The summed E-state index contributed by atoms with van der Waals surface area (Å²) < 4.78 is 10.4. The van der Waals surface area contributed by atoms with Gasteiger partial charge in [0, 0.05) is 30.4 Å². The average Bonchev–Trinajstić information content (AvgIpc) is 3.21. The summed E-state index contributed by atoms with van der Waals surface area (Å²) in [6, 6.07) is 18.2. The first-order valence-electron chi connectivity index (χ1n) is 10.5. The largest absolute Gasteiger partial charge is 0.385 e. The van der Waals surface area contributed by atoms with Crippen molar-refractivity contribution in [2.75, 3.05) is 13.7 Å². The van der Waals surface area contributed by atoms with E-state index in [0.717, 1.165) is 13.0 Å². The van der Waals surface area contributed by atoms with Gasteiger partial charge in [-0.25, -0.2) is 4.57 Å². The predicted octanol–water partition coefficient (Wildman–Crippen LogP) is 5.69. The standard InChI is InChI=1S/C26H25N2O/c1-16-18-8-4-5-9-20(18)24-19(12-15-29-3)17(2)27-13-14-28-22-11-7-6-10-21(22)23(16)25(24)26(27)28/h4-11,13-14,17,19H,12,15H2,1-3H3/q+1. The van der Waals surface area contributed by atoms with Crippen molar-refractivity contribution in [3.05, 3.63) is 72.1 Å². The Balaban J connectivity index is 1.94. The lowest BCUT2D eigenvalue weighted by molar-refractivity contribution is -0.698. The monoisotopic (exact) mass is 381 g/mol. The number of hydrogen-bond donors (Lipinski definition) is 0. The van der Waals surface area contributed by atoms with Crippen molar-refractivity contribution in [3.8, 4) is 0 Å². The Bertz CT molecular complexity index is 1430. The fourth-order valence-corrected chi connectivity index (χ4v) is 5.73. The molecule has 29 heavy (non-hydrogen) atoms. The third-order valence-corrected chi connectivity index (χ3v) is 7.05. The number of rotatable bonds is 3. The molecule has 0 saturated carbocycles. The van der Waals surface area contributed by atoms with Gasteiger partial charge in [0.05, 0.1) is 5.39 Å². The maximum absolute atomic E-state index is 5.52. The van der Waals surface area contributed by atoms with Crippen molar-refractivity contribution >= 4 is 38.1 Å². The molecule has 144 valence electrons. The van der Waals surface area contributed by atoms with Crippen LogP contribution in [0.3, 0.4) is 0 Å². The molecule has 3 heteroatoms. The molecule has 2 unspecified atom stereocenters. The van der Waals surface area contributed by atoms with Gasteiger partial charge < -0.3 is 4.74 Å². The average molecular weight is 381 g/mol. The zero-order valence-corrected chi connectivity index (χ0v) is 17.1. The molecule has 0 N–H and O–H groups in total. The lowest BCUT2D eigenvalue weighted by Crippen LogP contribution is -2.43. The molecule has 0 saturated heterocycles. The second-order valence-corrected chi connectivity index (χ2v) is 8.38. The van der Waals surface area contributed by atoms with Crippen LogP contribution in [0.15, 0.2) is 60.9 Å². The molecule has 2 atom stereocenters. The summed E-state index contributed by atoms with van der Waals surface area (Å²) in [5.41, 5.74) is 5.48. The normalized spacial score (nSPS) is 18.6. The van der Waals surface area contributed by atoms with E-state index in [1.54, 1.807) is 0 Å². The number of imidazole rings is 1. The van der Waals surface area contributed by atoms with E-state index in [-0.39, 0.29) is 0 Å². The maximum Gasteiger partial charge on any atom is 0.295 e. The molecule has 5 aromatic rings. The van der Waals surface area contributed by atoms with Crippen LogP contribution in [0.1, 0.15) is 36.4 Å². The van der Waals surface area contributed by atoms with Crippen molar-refractivity contribution in [3.63, 3.8) is 0 Å². The van der Waals surface area contributed by atoms with E-state index in [2.05, 4.69) is 83.7 Å². The molecule has 3 aromatic carbocycles. The highest BCUT2D eigenvalue weighted by Gasteiger charge is 2.37. The number of para-hydroxylation sites is 1. The molecule has 0 amide bonds. The number of methoxy groups -OCH3 is 1. The second-order valence-electron chi connectivity index (χ2n) is 8.38. The molecular weight excluding hydrogens is 356 g/mol. The quantitative estimate of drug-likeness (QED) is 0.223. The first-order valence-corrected chi connectivity index (χ1v) is 10.5. The van der Waals surface area contributed by atoms with E-state index >= 15 is 0 Å². The summed E-state index contributed by atoms with van der Waals surface area (Å²) in [6.07, 6.45) is 5.52. The third kappa shape index (κ3) is 2.09. The highest BCUT2D eigenvalue weighted by molar-refractivity contribution is 6.20. The van der Waals surface area contributed by atoms with Gasteiger partial charge in [-0.1, -0.05) is 42.5 Å². The van der Waals surface area contributed by atoms with E-state index in [1.807, 2.05) is 7.11 Å². The van der Waals surface area contributed by atoms with Gasteiger partial charge in [-0.15, -0.1) is 0 Å². The molecule has 6 rings (SSSR count). The highest BCUT2D eigenvalue weighted by Crippen LogP contribution is 2.47. The number of pyridine rings is 1. The predicted molar refractivity (Wildman–Crippen MR) is 119 cm³/mol. The van der Waals surface area contributed by atoms with Crippen molar-refractivity contribution in [1.29, 1.82) is 0 Å². The summed E-state index contributed by atoms with van der Waals surface area (Å²) in [6.45, 7) is 5.43. The van der Waals surface area contributed by atoms with Gasteiger partial charge in [-0.3, -0.25) is 0 Å². The maximum atomic E-state index is 5.52. The number of benzene rings is 3. The summed E-state index contributed by atoms with van der Waals surface area (Å²) in [5.74, 6) is 0.424. The minimum absolute atomic E-state index is 0.387. The molecule has 2 aromatic heterocycles. The van der Waals surface area contributed by atoms with Crippen LogP contribution in [0.5, 0.6) is 0 Å². The van der Waals surface area contributed by atoms with Gasteiger partial charge in [0.15, 0.2) is 0 Å². The third-order valence-electron chi connectivity index (χ3n) is 7.05. The van der Waals surface area contributed by atoms with E-state index in [4.69, 9.17) is 4.74 Å². The highest BCUT2D eigenvalue weighted by atomic mass is 16.5. The van der Waals surface area contributed by atoms with E-state index in [9.17, 15) is 0 Å². The van der Waals surface area contributed by atoms with Gasteiger partial charge in [0.25, 0.3) is 5.65 Å². The first kappa shape index (κ1) is 17.0. The molecule has 0 fully saturated rings. The number of hydrogen-bond acceptors (Lipinski definition) is 1. The number of nitrogens with zero attached hydrogens (tertiary/aromatic N) is 2. The molecular formula is C26H25N2O+. The van der Waals surface area contributed by atoms with E-state index < -0.39 is 0 Å². The van der Waals surface area contributed by atoms with E-state index in [0.29, 0.717) is 12.0 Å². The SMILES string of the molecule is COCCC1c2c3ccccc3c(C)c3c4ccccc4n4cc[n+](c4c23)C1C. The topological polar surface area (TPSA) is 17.5 Å². The van der Waals surface area contributed by atoms with Gasteiger partial charge >= 0.3 is 0 Å². The van der Waals surface area contributed by atoms with Crippen LogP contribution < -0.4 is 4.57 Å². The zero-order valence-electron chi connectivity index (χ0n) is 17.1. The van der Waals surface area contributed by atoms with Gasteiger partial charge in [-0.2, -0.15) is 4.40 Å². The molecule has 3 nitrogen and oxygen atoms in total. The van der Waals surface area contributed by atoms with Gasteiger partial charge in [0.2, 0.25) is 0 Å². The fraction of sp³-hybridized carbons (Fsp3) is 0.269. The van der Waals surface area contributed by atoms with E-state index in [1.165, 1.54) is 49.2 Å². The van der Waals surface area contributed by atoms with Crippen LogP contribution in [0, 0.1) is 6.92 Å². The summed E-state index contributed by atoms with van der Waals surface area (Å²) in [7, 11) is 1.81. The van der Waals surface area contributed by atoms with Crippen LogP contribution in [0.2, 0.25) is 0 Å². The molecule has 3 heterocycles. The summed E-state index contributed by atoms with van der Waals surface area (Å²) in [4.78, 5) is 0. The Labute approximate surface area is 170 Å². The Morgan fingerprint density at radius 2 is 1.69 bits per heavy atom. The second kappa shape index (κ2) is 6.04. The Kier molecular flexibility index (Phi) is 3.54. The van der Waals surface area contributed by atoms with Crippen molar-refractivity contribution in [2.45, 2.75) is 32.2 Å². The summed E-state index contributed by atoms with van der Waals surface area (Å²) in [5, 5.41) is 6.93. The van der Waals surface area contributed by atoms with Crippen LogP contribution in [0.4, 0.5) is 0 Å². The molecule has 1 aliphatic heterocycles. The fourth-order valence-electron chi connectivity index (χ4n) is 5.73. The van der Waals surface area contributed by atoms with Crippen molar-refractivity contribution in [1.82, 2.24) is 4.40 Å².